The van der Waals surface area contributed by atoms with Gasteiger partial charge < -0.3 is 10.4 Å². The van der Waals surface area contributed by atoms with Crippen molar-refractivity contribution in [3.63, 3.8) is 0 Å². The Morgan fingerprint density at radius 1 is 1.48 bits per heavy atom. The molecule has 0 radical (unpaired) electrons. The summed E-state index contributed by atoms with van der Waals surface area (Å²) in [6.45, 7) is 1.99. The average molecular weight is 329 g/mol. The third kappa shape index (κ3) is 2.65. The highest BCUT2D eigenvalue weighted by Gasteiger charge is 2.27. The summed E-state index contributed by atoms with van der Waals surface area (Å²) in [6.07, 6.45) is 5.82. The third-order valence-corrected chi connectivity index (χ3v) is 4.89. The lowest BCUT2D eigenvalue weighted by Gasteiger charge is -2.14. The fourth-order valence-corrected chi connectivity index (χ4v) is 3.50. The second-order valence-corrected chi connectivity index (χ2v) is 6.57. The molecule has 0 amide bonds. The monoisotopic (exact) mass is 329 g/mol. The maximum absolute atomic E-state index is 11.2. The Kier molecular flexibility index (Phi) is 3.26. The molecule has 1 atom stereocenters. The molecule has 4 rings (SSSR count). The number of carbonyl (C=O) groups is 1. The van der Waals surface area contributed by atoms with Crippen molar-refractivity contribution in [2.24, 2.45) is 0 Å². The largest absolute Gasteiger partial charge is 0.477 e. The van der Waals surface area contributed by atoms with E-state index in [1.165, 1.54) is 23.9 Å². The van der Waals surface area contributed by atoms with Crippen LogP contribution in [-0.4, -0.2) is 30.4 Å². The van der Waals surface area contributed by atoms with Crippen molar-refractivity contribution in [2.45, 2.75) is 31.7 Å². The van der Waals surface area contributed by atoms with Crippen molar-refractivity contribution >= 4 is 28.9 Å². The van der Waals surface area contributed by atoms with Gasteiger partial charge in [-0.1, -0.05) is 0 Å². The Balaban J connectivity index is 1.65. The van der Waals surface area contributed by atoms with Gasteiger partial charge in [0.1, 0.15) is 5.65 Å². The highest BCUT2D eigenvalue weighted by atomic mass is 32.1. The zero-order chi connectivity index (χ0) is 16.0. The average Bonchev–Trinajstić information content (AvgIpc) is 3.07. The number of nitrogens with zero attached hydrogens (tertiary/aromatic N) is 4. The molecule has 0 bridgehead atoms. The summed E-state index contributed by atoms with van der Waals surface area (Å²) in [6, 6.07) is 1.38. The number of rotatable bonds is 5. The zero-order valence-corrected chi connectivity index (χ0v) is 13.2. The van der Waals surface area contributed by atoms with Crippen LogP contribution in [0.3, 0.4) is 0 Å². The number of aromatic nitrogens is 4. The summed E-state index contributed by atoms with van der Waals surface area (Å²) < 4.78 is 1.73. The van der Waals surface area contributed by atoms with Gasteiger partial charge in [-0.05, 0) is 19.8 Å². The second kappa shape index (κ2) is 5.31. The van der Waals surface area contributed by atoms with Crippen LogP contribution >= 0.6 is 11.3 Å². The van der Waals surface area contributed by atoms with Crippen LogP contribution in [0.4, 0.5) is 5.95 Å². The molecule has 3 heterocycles. The number of nitrogens with one attached hydrogen (secondary N) is 1. The Morgan fingerprint density at radius 3 is 3.04 bits per heavy atom. The first-order valence-electron chi connectivity index (χ1n) is 7.41. The van der Waals surface area contributed by atoms with Crippen LogP contribution in [0.25, 0.3) is 5.65 Å². The molecule has 7 nitrogen and oxygen atoms in total. The van der Waals surface area contributed by atoms with Crippen LogP contribution in [0.5, 0.6) is 0 Å². The van der Waals surface area contributed by atoms with E-state index in [4.69, 9.17) is 0 Å². The Hall–Kier alpha value is -2.48. The van der Waals surface area contributed by atoms with E-state index in [0.717, 1.165) is 5.69 Å². The normalized spacial score (nSPS) is 15.7. The Morgan fingerprint density at radius 2 is 2.30 bits per heavy atom. The lowest BCUT2D eigenvalue weighted by atomic mass is 10.2. The maximum Gasteiger partial charge on any atom is 0.354 e. The van der Waals surface area contributed by atoms with Crippen molar-refractivity contribution in [1.82, 2.24) is 19.4 Å². The molecule has 0 saturated heterocycles. The Bertz CT molecular complexity index is 883. The molecule has 3 aromatic rings. The minimum Gasteiger partial charge on any atom is -0.477 e. The summed E-state index contributed by atoms with van der Waals surface area (Å²) in [5, 5.41) is 15.7. The number of hydrogen-bond donors (Lipinski definition) is 2. The van der Waals surface area contributed by atoms with Gasteiger partial charge >= 0.3 is 5.97 Å². The number of carboxylic acids is 1. The molecule has 0 aromatic carbocycles. The lowest BCUT2D eigenvalue weighted by molar-refractivity contribution is 0.0690. The number of thiazole rings is 1. The van der Waals surface area contributed by atoms with Gasteiger partial charge in [-0.15, -0.1) is 11.3 Å². The van der Waals surface area contributed by atoms with E-state index in [1.54, 1.807) is 28.1 Å². The molecule has 118 valence electrons. The fraction of sp³-hybridized carbons (Fsp3) is 0.333. The highest BCUT2D eigenvalue weighted by molar-refractivity contribution is 7.09. The van der Waals surface area contributed by atoms with Crippen molar-refractivity contribution < 1.29 is 9.90 Å². The van der Waals surface area contributed by atoms with Gasteiger partial charge in [-0.3, -0.25) is 4.40 Å². The number of anilines is 1. The van der Waals surface area contributed by atoms with Gasteiger partial charge in [0, 0.05) is 29.8 Å². The summed E-state index contributed by atoms with van der Waals surface area (Å²) in [5.41, 5.74) is 1.46. The van der Waals surface area contributed by atoms with Gasteiger partial charge in [0.2, 0.25) is 5.95 Å². The Labute approximate surface area is 136 Å². The van der Waals surface area contributed by atoms with E-state index in [0.29, 0.717) is 17.5 Å². The van der Waals surface area contributed by atoms with Crippen LogP contribution in [-0.2, 0) is 0 Å². The first-order valence-corrected chi connectivity index (χ1v) is 8.29. The smallest absolute Gasteiger partial charge is 0.354 e. The van der Waals surface area contributed by atoms with E-state index in [2.05, 4.69) is 25.6 Å². The molecule has 1 fully saturated rings. The second-order valence-electron chi connectivity index (χ2n) is 5.68. The van der Waals surface area contributed by atoms with Gasteiger partial charge in [0.15, 0.2) is 5.69 Å². The molecule has 0 aliphatic heterocycles. The van der Waals surface area contributed by atoms with E-state index in [9.17, 15) is 9.90 Å². The molecule has 3 aromatic heterocycles. The number of imidazole rings is 1. The first-order chi connectivity index (χ1) is 11.1. The van der Waals surface area contributed by atoms with Gasteiger partial charge in [0.25, 0.3) is 0 Å². The minimum absolute atomic E-state index is 0.0321. The predicted molar refractivity (Wildman–Crippen MR) is 86.1 cm³/mol. The van der Waals surface area contributed by atoms with E-state index in [-0.39, 0.29) is 11.7 Å². The first kappa shape index (κ1) is 14.1. The lowest BCUT2D eigenvalue weighted by Crippen LogP contribution is -2.14. The number of aromatic carboxylic acids is 1. The van der Waals surface area contributed by atoms with Crippen molar-refractivity contribution in [1.29, 1.82) is 0 Å². The molecule has 8 heteroatoms. The number of hydrogen-bond acceptors (Lipinski definition) is 6. The third-order valence-electron chi connectivity index (χ3n) is 3.86. The van der Waals surface area contributed by atoms with Crippen LogP contribution in [0.2, 0.25) is 0 Å². The highest BCUT2D eigenvalue weighted by Crippen LogP contribution is 2.42. The van der Waals surface area contributed by atoms with Crippen LogP contribution in [0.1, 0.15) is 52.9 Å². The molecular formula is C15H15N5O2S. The molecule has 0 spiro atoms. The summed E-state index contributed by atoms with van der Waals surface area (Å²) in [7, 11) is 0. The molecule has 1 saturated carbocycles. The summed E-state index contributed by atoms with van der Waals surface area (Å²) >= 11 is 1.69. The topological polar surface area (TPSA) is 92.4 Å². The van der Waals surface area contributed by atoms with Crippen molar-refractivity contribution in [2.75, 3.05) is 5.32 Å². The molecule has 1 aliphatic rings. The molecule has 2 N–H and O–H groups in total. The summed E-state index contributed by atoms with van der Waals surface area (Å²) in [4.78, 5) is 24.2. The van der Waals surface area contributed by atoms with E-state index in [1.807, 2.05) is 6.92 Å². The van der Waals surface area contributed by atoms with Crippen LogP contribution in [0, 0.1) is 0 Å². The fourth-order valence-electron chi connectivity index (χ4n) is 2.42. The maximum atomic E-state index is 11.2. The SMILES string of the molecule is CC(Nc1nc(C(=O)O)cc2nccn12)c1csc(C2CC2)n1. The van der Waals surface area contributed by atoms with Gasteiger partial charge in [-0.2, -0.15) is 0 Å². The van der Waals surface area contributed by atoms with E-state index < -0.39 is 5.97 Å². The summed E-state index contributed by atoms with van der Waals surface area (Å²) in [5.74, 6) is 0.0107. The van der Waals surface area contributed by atoms with Gasteiger partial charge in [-0.25, -0.2) is 19.7 Å². The molecule has 1 unspecified atom stereocenters. The minimum atomic E-state index is -1.07. The molecular weight excluding hydrogens is 314 g/mol. The van der Waals surface area contributed by atoms with Crippen molar-refractivity contribution in [3.05, 3.63) is 40.2 Å². The molecule has 1 aliphatic carbocycles. The van der Waals surface area contributed by atoms with Crippen molar-refractivity contribution in [3.8, 4) is 0 Å². The standard InChI is InChI=1S/C15H15N5O2S/c1-8(11-7-23-13(18-11)9-2-3-9)17-15-19-10(14(21)22)6-12-16-4-5-20(12)15/h4-9H,2-3H2,1H3,(H,17,19)(H,21,22). The quantitative estimate of drug-likeness (QED) is 0.747. The van der Waals surface area contributed by atoms with Crippen LogP contribution < -0.4 is 5.32 Å². The van der Waals surface area contributed by atoms with E-state index >= 15 is 0 Å². The molecule has 23 heavy (non-hydrogen) atoms. The predicted octanol–water partition coefficient (Wildman–Crippen LogP) is 2.93. The van der Waals surface area contributed by atoms with Crippen LogP contribution in [0.15, 0.2) is 23.8 Å². The number of carboxylic acid groups (broad SMARTS) is 1. The van der Waals surface area contributed by atoms with Gasteiger partial charge in [0.05, 0.1) is 16.7 Å². The number of fused-ring (bicyclic) bond motifs is 1. The zero-order valence-electron chi connectivity index (χ0n) is 12.4.